The van der Waals surface area contributed by atoms with Gasteiger partial charge in [0.15, 0.2) is 24.6 Å². The first-order valence-electron chi connectivity index (χ1n) is 18.3. The number of hydrogen-bond acceptors (Lipinski definition) is 14. The molecule has 0 saturated carbocycles. The Morgan fingerprint density at radius 2 is 1.34 bits per heavy atom. The zero-order valence-electron chi connectivity index (χ0n) is 31.4. The normalized spacial score (nSPS) is 24.7. The molecule has 2 unspecified atom stereocenters. The Morgan fingerprint density at radius 3 is 1.91 bits per heavy atom. The van der Waals surface area contributed by atoms with Crippen LogP contribution in [0, 0.1) is 13.8 Å². The second kappa shape index (κ2) is 13.6. The van der Waals surface area contributed by atoms with Crippen LogP contribution in [0.3, 0.4) is 0 Å². The van der Waals surface area contributed by atoms with E-state index in [2.05, 4.69) is 15.1 Å². The highest BCUT2D eigenvalue weighted by atomic mass is 32.2. The minimum absolute atomic E-state index is 0.0472. The highest BCUT2D eigenvalue weighted by Crippen LogP contribution is 2.51. The number of Topliss-reactive ketones (excluding diaryl/α,β-unsaturated/α-hetero) is 1. The first-order chi connectivity index (χ1) is 27.2. The van der Waals surface area contributed by atoms with Crippen LogP contribution in [0.4, 0.5) is 17.1 Å². The number of anilines is 1. The summed E-state index contributed by atoms with van der Waals surface area (Å²) < 4.78 is 79.4. The van der Waals surface area contributed by atoms with E-state index in [0.29, 0.717) is 56.6 Å². The van der Waals surface area contributed by atoms with Crippen molar-refractivity contribution in [1.29, 1.82) is 0 Å². The number of aryl methyl sites for hydroxylation is 2. The number of phenolic OH excluding ortho intramolecular Hbond substituents is 1. The largest absolute Gasteiger partial charge is 0.569 e. The lowest BCUT2D eigenvalue weighted by Gasteiger charge is -2.42. The maximum Gasteiger partial charge on any atom is 0.569 e. The fraction of sp³-hybridized carbons (Fsp3) is 0.342. The molecule has 0 amide bonds. The van der Waals surface area contributed by atoms with Gasteiger partial charge in [0.2, 0.25) is 0 Å². The molecule has 0 radical (unpaired) electrons. The molecule has 4 aromatic carbocycles. The zero-order chi connectivity index (χ0) is 41.6. The van der Waals surface area contributed by atoms with E-state index in [4.69, 9.17) is 15.2 Å². The highest BCUT2D eigenvalue weighted by Gasteiger charge is 2.85. The van der Waals surface area contributed by atoms with Crippen LogP contribution in [0.1, 0.15) is 16.7 Å². The third kappa shape index (κ3) is 6.40. The Labute approximate surface area is 332 Å². The average Bonchev–Trinajstić information content (AvgIpc) is 3.68. The van der Waals surface area contributed by atoms with Gasteiger partial charge in [-0.2, -0.15) is 30.9 Å². The number of nitrogen functional groups attached to an aromatic ring is 1. The van der Waals surface area contributed by atoms with Crippen LogP contribution in [-0.4, -0.2) is 128 Å². The number of hydrogen-bond donors (Lipinski definition) is 4. The van der Waals surface area contributed by atoms with Crippen LogP contribution in [0.25, 0.3) is 21.9 Å². The molecule has 0 aliphatic carbocycles. The topological polar surface area (TPSA) is 253 Å². The molecule has 4 saturated heterocycles. The first kappa shape index (κ1) is 39.5. The predicted octanol–water partition coefficient (Wildman–Crippen LogP) is 3.12. The fourth-order valence-electron chi connectivity index (χ4n) is 8.95. The van der Waals surface area contributed by atoms with Crippen molar-refractivity contribution < 1.29 is 63.9 Å². The van der Waals surface area contributed by atoms with Crippen molar-refractivity contribution >= 4 is 65.8 Å². The molecule has 4 heterocycles. The summed E-state index contributed by atoms with van der Waals surface area (Å²) in [4.78, 5) is 38.7. The number of ether oxygens (including phenoxy) is 2. The minimum Gasteiger partial charge on any atom is -0.505 e. The maximum atomic E-state index is 13.5. The molecule has 304 valence electrons. The molecule has 58 heavy (non-hydrogen) atoms. The summed E-state index contributed by atoms with van der Waals surface area (Å²) in [7, 11) is -10.1. The molecule has 8 rings (SSSR count). The van der Waals surface area contributed by atoms with Crippen LogP contribution in [0.2, 0.25) is 0 Å². The second-order valence-corrected chi connectivity index (χ2v) is 18.2. The van der Waals surface area contributed by atoms with Crippen molar-refractivity contribution in [3.63, 3.8) is 0 Å². The number of phenols is 1. The summed E-state index contributed by atoms with van der Waals surface area (Å²) in [6.07, 6.45) is 0.232. The van der Waals surface area contributed by atoms with Gasteiger partial charge in [0.25, 0.3) is 20.2 Å². The summed E-state index contributed by atoms with van der Waals surface area (Å²) in [5.41, 5.74) is 9.77. The molecule has 4 aliphatic rings. The van der Waals surface area contributed by atoms with Gasteiger partial charge in [-0.3, -0.25) is 18.8 Å². The molecule has 4 fully saturated rings. The number of fused-ring (bicyclic) bond motifs is 1. The maximum absolute atomic E-state index is 13.5. The van der Waals surface area contributed by atoms with Crippen molar-refractivity contribution in [3.8, 4) is 16.9 Å². The van der Waals surface area contributed by atoms with Crippen molar-refractivity contribution in [1.82, 2.24) is 4.90 Å². The number of aromatic hydroxyl groups is 1. The van der Waals surface area contributed by atoms with Crippen molar-refractivity contribution in [2.45, 2.75) is 36.1 Å². The van der Waals surface area contributed by atoms with Crippen LogP contribution in [-0.2, 0) is 50.5 Å². The van der Waals surface area contributed by atoms with Gasteiger partial charge in [0.05, 0.1) is 23.3 Å². The standard InChI is InChI=1S/C38H38N6O12S2/c1-22-15-25(4-3-24(22)17-27(45)19-42-9-11-43-13-14-44(12-10-42)21-34(47)56-38(43,44)55-33(46)20-43)26-5-7-29(23(2)16-26)40-41-30-8-6-28-31(57(49,50)51)18-32(58(52,53)54)36(39)35(28)37(30)48/h3-8,15-16,18H,9-14,17,19-21H2,1-2H3,(H3-2,39,40,48,49,50,51,52,53,54)/p+2. The van der Waals surface area contributed by atoms with Crippen LogP contribution in [0.15, 0.2) is 74.6 Å². The lowest BCUT2D eigenvalue weighted by molar-refractivity contribution is -1.15. The number of azo groups is 1. The molecule has 5 N–H and O–H groups in total. The van der Waals surface area contributed by atoms with Gasteiger partial charge in [0.1, 0.15) is 41.7 Å². The van der Waals surface area contributed by atoms with Gasteiger partial charge in [0, 0.05) is 24.9 Å². The molecule has 1 spiro atoms. The summed E-state index contributed by atoms with van der Waals surface area (Å²) in [6, 6.07) is 12.8. The molecule has 2 atom stereocenters. The second-order valence-electron chi connectivity index (χ2n) is 15.4. The minimum atomic E-state index is -5.06. The summed E-state index contributed by atoms with van der Waals surface area (Å²) in [5, 5.41) is 18.5. The van der Waals surface area contributed by atoms with Gasteiger partial charge < -0.3 is 20.3 Å². The highest BCUT2D eigenvalue weighted by molar-refractivity contribution is 7.87. The summed E-state index contributed by atoms with van der Waals surface area (Å²) in [5.74, 6) is -1.42. The summed E-state index contributed by atoms with van der Waals surface area (Å²) in [6.45, 7) is 7.77. The average molecular weight is 837 g/mol. The number of nitrogens with two attached hydrogens (primary N) is 1. The lowest BCUT2D eigenvalue weighted by Crippen LogP contribution is -2.71. The monoisotopic (exact) mass is 836 g/mol. The predicted molar refractivity (Wildman–Crippen MR) is 205 cm³/mol. The molecule has 0 aromatic heterocycles. The number of quaternary nitrogens is 2. The first-order valence-corrected chi connectivity index (χ1v) is 21.2. The number of esters is 2. The van der Waals surface area contributed by atoms with E-state index in [1.165, 1.54) is 6.07 Å². The molecular weight excluding hydrogens is 797 g/mol. The Kier molecular flexibility index (Phi) is 9.27. The van der Waals surface area contributed by atoms with Crippen molar-refractivity contribution in [2.75, 3.05) is 64.6 Å². The van der Waals surface area contributed by atoms with Gasteiger partial charge >= 0.3 is 18.0 Å². The van der Waals surface area contributed by atoms with Crippen LogP contribution >= 0.6 is 0 Å². The van der Waals surface area contributed by atoms with E-state index >= 15 is 0 Å². The van der Waals surface area contributed by atoms with E-state index in [1.807, 2.05) is 37.3 Å². The SMILES string of the molecule is Cc1cc(-c2ccc(N=Nc3ccc4c(S(=O)(=O)O)cc(S(=O)(=O)O)c(N)c4c3O)c(C)c2)ccc1CC(=O)CN1CC[N+]23CC[N+]4(CC1)CC(=O)OC24OC(=O)C3. The van der Waals surface area contributed by atoms with Crippen LogP contribution in [0.5, 0.6) is 5.75 Å². The number of ketones is 1. The van der Waals surface area contributed by atoms with Gasteiger partial charge in [-0.05, 0) is 65.9 Å². The number of carbonyl (C=O) groups excluding carboxylic acids is 3. The summed E-state index contributed by atoms with van der Waals surface area (Å²) >= 11 is 0. The van der Waals surface area contributed by atoms with E-state index in [0.717, 1.165) is 28.3 Å². The lowest BCUT2D eigenvalue weighted by atomic mass is 9.96. The van der Waals surface area contributed by atoms with E-state index in [9.17, 15) is 45.4 Å². The third-order valence-electron chi connectivity index (χ3n) is 11.9. The molecule has 4 aromatic rings. The van der Waals surface area contributed by atoms with Gasteiger partial charge in [-0.25, -0.2) is 9.59 Å². The molecule has 4 aliphatic heterocycles. The Bertz CT molecular complexity index is 2700. The quantitative estimate of drug-likeness (QED) is 0.0622. The van der Waals surface area contributed by atoms with E-state index < -0.39 is 52.9 Å². The van der Waals surface area contributed by atoms with Crippen molar-refractivity contribution in [3.05, 3.63) is 71.3 Å². The zero-order valence-corrected chi connectivity index (χ0v) is 33.0. The third-order valence-corrected chi connectivity index (χ3v) is 13.7. The van der Waals surface area contributed by atoms with E-state index in [-0.39, 0.29) is 63.8 Å². The smallest absolute Gasteiger partial charge is 0.505 e. The van der Waals surface area contributed by atoms with Crippen LogP contribution < -0.4 is 5.73 Å². The Hall–Kier alpha value is -5.35. The fourth-order valence-corrected chi connectivity index (χ4v) is 10.4. The number of nitrogens with zero attached hydrogens (tertiary/aromatic N) is 5. The molecule has 20 heteroatoms. The van der Waals surface area contributed by atoms with E-state index in [1.54, 1.807) is 13.0 Å². The van der Waals surface area contributed by atoms with Gasteiger partial charge in [-0.1, -0.05) is 30.3 Å². The van der Waals surface area contributed by atoms with Crippen molar-refractivity contribution in [2.24, 2.45) is 10.2 Å². The molecule has 18 nitrogen and oxygen atoms in total. The van der Waals surface area contributed by atoms with Gasteiger partial charge in [-0.15, -0.1) is 5.11 Å². The molecular formula is C38H40N6O12S2+2. The number of benzene rings is 4. The Balaban J connectivity index is 0.961. The number of carbonyl (C=O) groups is 3. The number of rotatable bonds is 9. The molecule has 2 bridgehead atoms. The Morgan fingerprint density at radius 1 is 0.793 bits per heavy atom.